The lowest BCUT2D eigenvalue weighted by atomic mass is 10.0. The van der Waals surface area contributed by atoms with Gasteiger partial charge in [0, 0.05) is 10.6 Å². The molecule has 0 fully saturated rings. The number of hydrogen-bond acceptors (Lipinski definition) is 2. The van der Waals surface area contributed by atoms with E-state index in [9.17, 15) is 9.50 Å². The first-order chi connectivity index (χ1) is 9.56. The van der Waals surface area contributed by atoms with Crippen LogP contribution in [0.3, 0.4) is 0 Å². The fourth-order valence-electron chi connectivity index (χ4n) is 2.01. The van der Waals surface area contributed by atoms with Crippen LogP contribution in [0, 0.1) is 19.7 Å². The lowest BCUT2D eigenvalue weighted by Crippen LogP contribution is -2.13. The van der Waals surface area contributed by atoms with Gasteiger partial charge in [-0.2, -0.15) is 0 Å². The van der Waals surface area contributed by atoms with E-state index in [0.29, 0.717) is 17.1 Å². The molecule has 0 spiro atoms. The molecule has 2 rings (SSSR count). The highest BCUT2D eigenvalue weighted by Gasteiger charge is 2.09. The van der Waals surface area contributed by atoms with Crippen LogP contribution in [0.1, 0.15) is 16.7 Å². The van der Waals surface area contributed by atoms with E-state index in [0.717, 1.165) is 5.56 Å². The number of aryl methyl sites for hydroxylation is 2. The van der Waals surface area contributed by atoms with Gasteiger partial charge in [-0.15, -0.1) is 11.8 Å². The molecular formula is C17H19FOS. The van der Waals surface area contributed by atoms with E-state index in [1.54, 1.807) is 18.2 Å². The van der Waals surface area contributed by atoms with Crippen molar-refractivity contribution < 1.29 is 9.50 Å². The van der Waals surface area contributed by atoms with Crippen molar-refractivity contribution in [2.24, 2.45) is 0 Å². The highest BCUT2D eigenvalue weighted by atomic mass is 32.2. The second-order valence-electron chi connectivity index (χ2n) is 5.02. The molecule has 1 atom stereocenters. The molecule has 0 heterocycles. The Hall–Kier alpha value is -1.32. The predicted octanol–water partition coefficient (Wildman–Crippen LogP) is 4.14. The summed E-state index contributed by atoms with van der Waals surface area (Å²) in [6, 6.07) is 12.9. The Morgan fingerprint density at radius 3 is 2.55 bits per heavy atom. The zero-order valence-electron chi connectivity index (χ0n) is 11.8. The zero-order valence-corrected chi connectivity index (χ0v) is 12.6. The molecule has 106 valence electrons. The minimum atomic E-state index is -0.471. The largest absolute Gasteiger partial charge is 0.392 e. The quantitative estimate of drug-likeness (QED) is 0.835. The summed E-state index contributed by atoms with van der Waals surface area (Å²) in [5.41, 5.74) is 3.61. The van der Waals surface area contributed by atoms with Crippen molar-refractivity contribution in [2.45, 2.75) is 31.3 Å². The monoisotopic (exact) mass is 290 g/mol. The summed E-state index contributed by atoms with van der Waals surface area (Å²) in [7, 11) is 0. The lowest BCUT2D eigenvalue weighted by molar-refractivity contribution is 0.200. The number of hydrogen-bond donors (Lipinski definition) is 1. The number of thioether (sulfide) groups is 1. The Bertz CT molecular complexity index is 583. The summed E-state index contributed by atoms with van der Waals surface area (Å²) in [4.78, 5) is 0.589. The maximum absolute atomic E-state index is 13.5. The molecule has 0 bridgehead atoms. The van der Waals surface area contributed by atoms with Gasteiger partial charge in [0.15, 0.2) is 0 Å². The molecule has 0 radical (unpaired) electrons. The topological polar surface area (TPSA) is 20.2 Å². The van der Waals surface area contributed by atoms with Gasteiger partial charge >= 0.3 is 0 Å². The highest BCUT2D eigenvalue weighted by Crippen LogP contribution is 2.23. The van der Waals surface area contributed by atoms with Gasteiger partial charge in [0.25, 0.3) is 0 Å². The first-order valence-corrected chi connectivity index (χ1v) is 7.66. The smallest absolute Gasteiger partial charge is 0.136 e. The molecule has 0 saturated heterocycles. The fourth-order valence-corrected chi connectivity index (χ4v) is 2.88. The Labute approximate surface area is 123 Å². The van der Waals surface area contributed by atoms with Gasteiger partial charge < -0.3 is 5.11 Å². The average Bonchev–Trinajstić information content (AvgIpc) is 2.42. The molecule has 1 N–H and O–H groups in total. The van der Waals surface area contributed by atoms with Crippen LogP contribution < -0.4 is 0 Å². The fraction of sp³-hybridized carbons (Fsp3) is 0.294. The van der Waals surface area contributed by atoms with Crippen LogP contribution in [0.4, 0.5) is 4.39 Å². The molecule has 0 aliphatic rings. The van der Waals surface area contributed by atoms with Crippen LogP contribution in [-0.2, 0) is 6.42 Å². The van der Waals surface area contributed by atoms with E-state index in [-0.39, 0.29) is 5.82 Å². The molecule has 2 aromatic rings. The van der Waals surface area contributed by atoms with Gasteiger partial charge in [0.1, 0.15) is 5.82 Å². The number of aliphatic hydroxyl groups excluding tert-OH is 1. The van der Waals surface area contributed by atoms with Gasteiger partial charge in [-0.1, -0.05) is 30.3 Å². The van der Waals surface area contributed by atoms with Gasteiger partial charge in [0.2, 0.25) is 0 Å². The third-order valence-electron chi connectivity index (χ3n) is 3.31. The second-order valence-corrected chi connectivity index (χ2v) is 6.08. The maximum atomic E-state index is 13.5. The molecule has 0 amide bonds. The summed E-state index contributed by atoms with van der Waals surface area (Å²) >= 11 is 1.36. The van der Waals surface area contributed by atoms with E-state index >= 15 is 0 Å². The Morgan fingerprint density at radius 1 is 1.10 bits per heavy atom. The number of benzene rings is 2. The van der Waals surface area contributed by atoms with Crippen LogP contribution in [0.15, 0.2) is 47.4 Å². The molecule has 0 aliphatic carbocycles. The molecule has 1 unspecified atom stereocenters. The van der Waals surface area contributed by atoms with Crippen molar-refractivity contribution in [3.8, 4) is 0 Å². The van der Waals surface area contributed by atoms with E-state index in [1.807, 2.05) is 6.07 Å². The Morgan fingerprint density at radius 2 is 1.85 bits per heavy atom. The Kier molecular flexibility index (Phi) is 5.21. The molecule has 20 heavy (non-hydrogen) atoms. The van der Waals surface area contributed by atoms with Crippen molar-refractivity contribution in [3.63, 3.8) is 0 Å². The summed E-state index contributed by atoms with van der Waals surface area (Å²) in [6.45, 7) is 4.14. The van der Waals surface area contributed by atoms with Crippen molar-refractivity contribution in [1.82, 2.24) is 0 Å². The third kappa shape index (κ3) is 4.09. The minimum Gasteiger partial charge on any atom is -0.392 e. The summed E-state index contributed by atoms with van der Waals surface area (Å²) in [6.07, 6.45) is 0.129. The summed E-state index contributed by atoms with van der Waals surface area (Å²) < 4.78 is 13.5. The van der Waals surface area contributed by atoms with Gasteiger partial charge in [-0.3, -0.25) is 0 Å². The number of aliphatic hydroxyl groups is 1. The van der Waals surface area contributed by atoms with E-state index < -0.39 is 6.10 Å². The second kappa shape index (κ2) is 6.91. The molecule has 0 saturated carbocycles. The molecular weight excluding hydrogens is 271 g/mol. The van der Waals surface area contributed by atoms with Crippen LogP contribution in [0.25, 0.3) is 0 Å². The average molecular weight is 290 g/mol. The molecule has 0 aromatic heterocycles. The minimum absolute atomic E-state index is 0.226. The predicted molar refractivity (Wildman–Crippen MR) is 82.8 cm³/mol. The molecule has 0 aliphatic heterocycles. The van der Waals surface area contributed by atoms with Crippen LogP contribution in [-0.4, -0.2) is 17.0 Å². The van der Waals surface area contributed by atoms with Gasteiger partial charge in [-0.05, 0) is 49.1 Å². The van der Waals surface area contributed by atoms with Crippen molar-refractivity contribution in [2.75, 3.05) is 5.75 Å². The van der Waals surface area contributed by atoms with Crippen LogP contribution in [0.5, 0.6) is 0 Å². The van der Waals surface area contributed by atoms with E-state index in [2.05, 4.69) is 26.0 Å². The van der Waals surface area contributed by atoms with Crippen LogP contribution in [0.2, 0.25) is 0 Å². The summed E-state index contributed by atoms with van der Waals surface area (Å²) in [5, 5.41) is 10.1. The lowest BCUT2D eigenvalue weighted by Gasteiger charge is -2.12. The molecule has 2 aromatic carbocycles. The zero-order chi connectivity index (χ0) is 14.5. The van der Waals surface area contributed by atoms with Crippen molar-refractivity contribution >= 4 is 11.8 Å². The molecule has 1 nitrogen and oxygen atoms in total. The number of rotatable bonds is 5. The maximum Gasteiger partial charge on any atom is 0.136 e. The van der Waals surface area contributed by atoms with Crippen molar-refractivity contribution in [3.05, 3.63) is 65.0 Å². The number of halogens is 1. The SMILES string of the molecule is Cc1ccc(CC(O)CSc2ccccc2F)cc1C. The normalized spacial score (nSPS) is 12.4. The first-order valence-electron chi connectivity index (χ1n) is 6.68. The standard InChI is InChI=1S/C17H19FOS/c1-12-7-8-14(9-13(12)2)10-15(19)11-20-17-6-4-3-5-16(17)18/h3-9,15,19H,10-11H2,1-2H3. The van der Waals surface area contributed by atoms with Crippen LogP contribution >= 0.6 is 11.8 Å². The van der Waals surface area contributed by atoms with E-state index in [1.165, 1.54) is 29.0 Å². The Balaban J connectivity index is 1.91. The first kappa shape index (κ1) is 15.1. The van der Waals surface area contributed by atoms with Gasteiger partial charge in [0.05, 0.1) is 6.10 Å². The van der Waals surface area contributed by atoms with Crippen molar-refractivity contribution in [1.29, 1.82) is 0 Å². The summed E-state index contributed by atoms with van der Waals surface area (Å²) in [5.74, 6) is 0.268. The highest BCUT2D eigenvalue weighted by molar-refractivity contribution is 7.99. The third-order valence-corrected chi connectivity index (χ3v) is 4.50. The molecule has 3 heteroatoms. The van der Waals surface area contributed by atoms with E-state index in [4.69, 9.17) is 0 Å². The van der Waals surface area contributed by atoms with Gasteiger partial charge in [-0.25, -0.2) is 4.39 Å².